The predicted octanol–water partition coefficient (Wildman–Crippen LogP) is 2.77. The van der Waals surface area contributed by atoms with Crippen molar-refractivity contribution < 1.29 is 14.6 Å². The summed E-state index contributed by atoms with van der Waals surface area (Å²) in [4.78, 5) is 11.1. The van der Waals surface area contributed by atoms with Crippen LogP contribution in [0.1, 0.15) is 15.9 Å². The number of phenols is 1. The third-order valence-corrected chi connectivity index (χ3v) is 3.29. The first-order valence-corrected chi connectivity index (χ1v) is 6.58. The first-order valence-electron chi connectivity index (χ1n) is 6.20. The minimum Gasteiger partial charge on any atom is -0.504 e. The Morgan fingerprint density at radius 1 is 1.33 bits per heavy atom. The molecule has 0 aromatic heterocycles. The number of anilines is 1. The second kappa shape index (κ2) is 6.37. The highest BCUT2D eigenvalue weighted by Crippen LogP contribution is 2.27. The van der Waals surface area contributed by atoms with E-state index in [1.807, 2.05) is 0 Å². The third kappa shape index (κ3) is 3.58. The lowest BCUT2D eigenvalue weighted by atomic mass is 10.1. The number of ether oxygens (including phenoxy) is 1. The summed E-state index contributed by atoms with van der Waals surface area (Å²) in [6, 6.07) is 10.0. The first-order chi connectivity index (χ1) is 10.0. The minimum atomic E-state index is -0.560. The van der Waals surface area contributed by atoms with Gasteiger partial charge in [0.1, 0.15) is 0 Å². The van der Waals surface area contributed by atoms with E-state index < -0.39 is 5.91 Å². The molecule has 0 heterocycles. The molecule has 110 valence electrons. The van der Waals surface area contributed by atoms with Gasteiger partial charge in [-0.2, -0.15) is 0 Å². The Balaban J connectivity index is 2.09. The van der Waals surface area contributed by atoms with Crippen molar-refractivity contribution in [3.05, 3.63) is 52.5 Å². The summed E-state index contributed by atoms with van der Waals surface area (Å²) >= 11 is 5.98. The van der Waals surface area contributed by atoms with Gasteiger partial charge in [-0.05, 0) is 35.9 Å². The van der Waals surface area contributed by atoms with Gasteiger partial charge in [-0.25, -0.2) is 0 Å². The van der Waals surface area contributed by atoms with Gasteiger partial charge >= 0.3 is 0 Å². The lowest BCUT2D eigenvalue weighted by Crippen LogP contribution is -2.11. The maximum absolute atomic E-state index is 11.1. The number of carbonyl (C=O) groups is 1. The van der Waals surface area contributed by atoms with Gasteiger partial charge in [-0.1, -0.05) is 17.7 Å². The fraction of sp³-hybridized carbons (Fsp3) is 0.133. The van der Waals surface area contributed by atoms with Gasteiger partial charge in [0.15, 0.2) is 11.5 Å². The number of hydrogen-bond donors (Lipinski definition) is 3. The molecular formula is C15H15ClN2O3. The zero-order valence-corrected chi connectivity index (χ0v) is 12.1. The van der Waals surface area contributed by atoms with E-state index >= 15 is 0 Å². The zero-order valence-electron chi connectivity index (χ0n) is 11.4. The monoisotopic (exact) mass is 306 g/mol. The Bertz CT molecular complexity index is 674. The fourth-order valence-electron chi connectivity index (χ4n) is 1.86. The van der Waals surface area contributed by atoms with Crippen LogP contribution in [0.2, 0.25) is 5.02 Å². The number of carbonyl (C=O) groups excluding carboxylic acids is 1. The number of nitrogens with two attached hydrogens (primary N) is 1. The van der Waals surface area contributed by atoms with E-state index in [1.165, 1.54) is 7.11 Å². The molecule has 2 aromatic rings. The lowest BCUT2D eigenvalue weighted by Gasteiger charge is -2.10. The molecule has 2 aromatic carbocycles. The van der Waals surface area contributed by atoms with Crippen molar-refractivity contribution in [1.29, 1.82) is 0 Å². The van der Waals surface area contributed by atoms with Crippen molar-refractivity contribution in [3.8, 4) is 11.5 Å². The van der Waals surface area contributed by atoms with Crippen molar-refractivity contribution in [2.24, 2.45) is 5.73 Å². The average molecular weight is 307 g/mol. The number of benzene rings is 2. The van der Waals surface area contributed by atoms with Gasteiger partial charge in [0, 0.05) is 12.2 Å². The number of rotatable bonds is 5. The Hall–Kier alpha value is -2.40. The molecule has 0 unspecified atom stereocenters. The van der Waals surface area contributed by atoms with Gasteiger partial charge in [-0.3, -0.25) is 4.79 Å². The van der Waals surface area contributed by atoms with Gasteiger partial charge in [0.2, 0.25) is 5.91 Å². The van der Waals surface area contributed by atoms with Crippen LogP contribution in [0.5, 0.6) is 11.5 Å². The van der Waals surface area contributed by atoms with Gasteiger partial charge in [-0.15, -0.1) is 0 Å². The molecule has 0 aliphatic carbocycles. The van der Waals surface area contributed by atoms with Crippen LogP contribution in [0.25, 0.3) is 0 Å². The number of methoxy groups -OCH3 is 1. The van der Waals surface area contributed by atoms with Crippen molar-refractivity contribution in [2.45, 2.75) is 6.54 Å². The largest absolute Gasteiger partial charge is 0.504 e. The molecule has 0 radical (unpaired) electrons. The Morgan fingerprint density at radius 3 is 2.71 bits per heavy atom. The van der Waals surface area contributed by atoms with Crippen molar-refractivity contribution in [1.82, 2.24) is 0 Å². The normalized spacial score (nSPS) is 10.2. The van der Waals surface area contributed by atoms with Crippen LogP contribution >= 0.6 is 11.6 Å². The number of phenolic OH excluding ortho intramolecular Hbond substituents is 1. The molecule has 21 heavy (non-hydrogen) atoms. The topological polar surface area (TPSA) is 84.6 Å². The molecule has 0 spiro atoms. The van der Waals surface area contributed by atoms with Crippen LogP contribution in [-0.2, 0) is 6.54 Å². The smallest absolute Gasteiger partial charge is 0.250 e. The van der Waals surface area contributed by atoms with E-state index in [0.717, 1.165) is 11.3 Å². The summed E-state index contributed by atoms with van der Waals surface area (Å²) in [5, 5.41) is 13.0. The Kier molecular flexibility index (Phi) is 4.55. The SMILES string of the molecule is COc1cc(CNc2ccc(C(N)=O)c(Cl)c2)ccc1O. The maximum Gasteiger partial charge on any atom is 0.250 e. The van der Waals surface area contributed by atoms with E-state index in [9.17, 15) is 9.90 Å². The standard InChI is InChI=1S/C15H15ClN2O3/c1-21-14-6-9(2-5-13(14)19)8-18-10-3-4-11(15(17)20)12(16)7-10/h2-7,18-19H,8H2,1H3,(H2,17,20). The number of hydrogen-bond acceptors (Lipinski definition) is 4. The molecule has 4 N–H and O–H groups in total. The molecule has 0 saturated heterocycles. The van der Waals surface area contributed by atoms with Crippen molar-refractivity contribution >= 4 is 23.2 Å². The minimum absolute atomic E-state index is 0.0927. The second-order valence-corrected chi connectivity index (χ2v) is 4.83. The van der Waals surface area contributed by atoms with Crippen LogP contribution in [0, 0.1) is 0 Å². The zero-order chi connectivity index (χ0) is 15.4. The number of halogens is 1. The summed E-state index contributed by atoms with van der Waals surface area (Å²) in [7, 11) is 1.49. The Morgan fingerprint density at radius 2 is 2.10 bits per heavy atom. The van der Waals surface area contributed by atoms with Gasteiger partial charge < -0.3 is 20.9 Å². The summed E-state index contributed by atoms with van der Waals surface area (Å²) in [5.74, 6) is -0.0543. The number of nitrogens with one attached hydrogen (secondary N) is 1. The average Bonchev–Trinajstić information content (AvgIpc) is 2.46. The molecular weight excluding hydrogens is 292 g/mol. The van der Waals surface area contributed by atoms with E-state index in [0.29, 0.717) is 17.3 Å². The van der Waals surface area contributed by atoms with E-state index in [1.54, 1.807) is 36.4 Å². The van der Waals surface area contributed by atoms with Crippen molar-refractivity contribution in [3.63, 3.8) is 0 Å². The summed E-state index contributed by atoms with van der Waals surface area (Å²) < 4.78 is 5.05. The van der Waals surface area contributed by atoms with E-state index in [4.69, 9.17) is 22.1 Å². The molecule has 0 aliphatic heterocycles. The number of amides is 1. The molecule has 0 atom stereocenters. The van der Waals surface area contributed by atoms with Gasteiger partial charge in [0.05, 0.1) is 17.7 Å². The molecule has 0 saturated carbocycles. The second-order valence-electron chi connectivity index (χ2n) is 4.42. The van der Waals surface area contributed by atoms with Crippen LogP contribution in [-0.4, -0.2) is 18.1 Å². The molecule has 0 aliphatic rings. The van der Waals surface area contributed by atoms with Crippen LogP contribution in [0.15, 0.2) is 36.4 Å². The summed E-state index contributed by atoms with van der Waals surface area (Å²) in [5.41, 5.74) is 7.17. The van der Waals surface area contributed by atoms with Crippen LogP contribution in [0.3, 0.4) is 0 Å². The molecule has 0 fully saturated rings. The molecule has 2 rings (SSSR count). The van der Waals surface area contributed by atoms with E-state index in [-0.39, 0.29) is 11.3 Å². The summed E-state index contributed by atoms with van der Waals surface area (Å²) in [6.07, 6.45) is 0. The maximum atomic E-state index is 11.1. The molecule has 0 bridgehead atoms. The van der Waals surface area contributed by atoms with Crippen LogP contribution in [0.4, 0.5) is 5.69 Å². The lowest BCUT2D eigenvalue weighted by molar-refractivity contribution is 0.100. The third-order valence-electron chi connectivity index (χ3n) is 2.98. The Labute approximate surface area is 127 Å². The highest BCUT2D eigenvalue weighted by atomic mass is 35.5. The highest BCUT2D eigenvalue weighted by molar-refractivity contribution is 6.34. The number of aromatic hydroxyl groups is 1. The highest BCUT2D eigenvalue weighted by Gasteiger charge is 2.07. The first kappa shape index (κ1) is 15.0. The molecule has 6 heteroatoms. The fourth-order valence-corrected chi connectivity index (χ4v) is 2.13. The molecule has 5 nitrogen and oxygen atoms in total. The van der Waals surface area contributed by atoms with Gasteiger partial charge in [0.25, 0.3) is 0 Å². The number of primary amides is 1. The predicted molar refractivity (Wildman–Crippen MR) is 82.0 cm³/mol. The quantitative estimate of drug-likeness (QED) is 0.793. The van der Waals surface area contributed by atoms with Crippen LogP contribution < -0.4 is 15.8 Å². The molecule has 1 amide bonds. The van der Waals surface area contributed by atoms with E-state index in [2.05, 4.69) is 5.32 Å². The summed E-state index contributed by atoms with van der Waals surface area (Å²) in [6.45, 7) is 0.517. The van der Waals surface area contributed by atoms with Crippen molar-refractivity contribution in [2.75, 3.05) is 12.4 Å².